The van der Waals surface area contributed by atoms with Crippen molar-refractivity contribution in [3.8, 4) is 0 Å². The van der Waals surface area contributed by atoms with Gasteiger partial charge in [0, 0.05) is 12.5 Å². The summed E-state index contributed by atoms with van der Waals surface area (Å²) in [6.45, 7) is 8.29. The van der Waals surface area contributed by atoms with E-state index in [1.807, 2.05) is 39.8 Å². The highest BCUT2D eigenvalue weighted by molar-refractivity contribution is 5.68. The summed E-state index contributed by atoms with van der Waals surface area (Å²) in [5.41, 5.74) is -0.485. The molecule has 1 aliphatic rings. The van der Waals surface area contributed by atoms with Gasteiger partial charge in [0.25, 0.3) is 0 Å². The van der Waals surface area contributed by atoms with E-state index in [2.05, 4.69) is 0 Å². The Kier molecular flexibility index (Phi) is 3.97. The molecule has 1 aliphatic heterocycles. The van der Waals surface area contributed by atoms with Crippen LogP contribution in [0, 0.1) is 5.92 Å². The molecule has 92 valence electrons. The molecule has 1 fully saturated rings. The number of likely N-dealkylation sites (tertiary alicyclic amines) is 1. The lowest BCUT2D eigenvalue weighted by Crippen LogP contribution is -2.35. The van der Waals surface area contributed by atoms with Gasteiger partial charge in [-0.3, -0.25) is 0 Å². The largest absolute Gasteiger partial charge is 0.444 e. The Labute approximate surface area is 96.9 Å². The molecule has 0 spiro atoms. The lowest BCUT2D eigenvalue weighted by Gasteiger charge is -2.24. The van der Waals surface area contributed by atoms with E-state index < -0.39 is 11.7 Å². The van der Waals surface area contributed by atoms with Crippen molar-refractivity contribution in [3.63, 3.8) is 0 Å². The minimum absolute atomic E-state index is 0.0255. The van der Waals surface area contributed by atoms with Crippen molar-refractivity contribution in [3.05, 3.63) is 12.2 Å². The number of hydrogen-bond donors (Lipinski definition) is 1. The summed E-state index contributed by atoms with van der Waals surface area (Å²) in [5, 5.41) is 9.74. The minimum Gasteiger partial charge on any atom is -0.444 e. The van der Waals surface area contributed by atoms with E-state index in [0.29, 0.717) is 13.1 Å². The van der Waals surface area contributed by atoms with E-state index in [-0.39, 0.29) is 12.0 Å². The topological polar surface area (TPSA) is 49.8 Å². The number of β-amino-alcohol motifs (C(OH)–C–C–N with tert-alkyl or cyclic N) is 1. The fraction of sp³-hybridized carbons (Fsp3) is 0.750. The van der Waals surface area contributed by atoms with Gasteiger partial charge in [-0.15, -0.1) is 0 Å². The summed E-state index contributed by atoms with van der Waals surface area (Å²) in [5.74, 6) is 0.0255. The first-order valence-electron chi connectivity index (χ1n) is 5.62. The number of carbonyl (C=O) groups is 1. The van der Waals surface area contributed by atoms with Crippen molar-refractivity contribution >= 4 is 6.09 Å². The van der Waals surface area contributed by atoms with Gasteiger partial charge in [0.05, 0.1) is 12.6 Å². The molecule has 0 aromatic carbocycles. The fourth-order valence-corrected chi connectivity index (χ4v) is 1.72. The van der Waals surface area contributed by atoms with Crippen molar-refractivity contribution in [2.75, 3.05) is 13.1 Å². The molecule has 16 heavy (non-hydrogen) atoms. The highest BCUT2D eigenvalue weighted by Crippen LogP contribution is 2.20. The van der Waals surface area contributed by atoms with Gasteiger partial charge in [-0.2, -0.15) is 0 Å². The fourth-order valence-electron chi connectivity index (χ4n) is 1.72. The number of amides is 1. The maximum atomic E-state index is 11.7. The van der Waals surface area contributed by atoms with Crippen LogP contribution in [-0.4, -0.2) is 40.9 Å². The first-order valence-corrected chi connectivity index (χ1v) is 5.62. The molecule has 0 aromatic rings. The second kappa shape index (κ2) is 4.87. The SMILES string of the molecule is C/C=C\[C@H]1CN(C(=O)OC(C)(C)C)C[C@@H]1O. The molecule has 1 saturated heterocycles. The van der Waals surface area contributed by atoms with Crippen LogP contribution in [0.1, 0.15) is 27.7 Å². The van der Waals surface area contributed by atoms with Gasteiger partial charge in [-0.25, -0.2) is 4.79 Å². The first-order chi connectivity index (χ1) is 7.33. The quantitative estimate of drug-likeness (QED) is 0.695. The van der Waals surface area contributed by atoms with E-state index in [4.69, 9.17) is 4.74 Å². The van der Waals surface area contributed by atoms with Crippen LogP contribution in [0.2, 0.25) is 0 Å². The molecule has 4 heteroatoms. The van der Waals surface area contributed by atoms with Crippen molar-refractivity contribution in [2.24, 2.45) is 5.92 Å². The molecule has 2 atom stereocenters. The molecule has 4 nitrogen and oxygen atoms in total. The summed E-state index contributed by atoms with van der Waals surface area (Å²) in [7, 11) is 0. The van der Waals surface area contributed by atoms with Gasteiger partial charge in [0.2, 0.25) is 0 Å². The van der Waals surface area contributed by atoms with Gasteiger partial charge < -0.3 is 14.7 Å². The van der Waals surface area contributed by atoms with E-state index in [0.717, 1.165) is 0 Å². The number of allylic oxidation sites excluding steroid dienone is 1. The van der Waals surface area contributed by atoms with Gasteiger partial charge in [-0.1, -0.05) is 12.2 Å². The molecule has 1 heterocycles. The van der Waals surface area contributed by atoms with E-state index in [1.54, 1.807) is 4.90 Å². The third-order valence-electron chi connectivity index (χ3n) is 2.42. The van der Waals surface area contributed by atoms with Crippen LogP contribution in [-0.2, 0) is 4.74 Å². The van der Waals surface area contributed by atoms with Gasteiger partial charge in [0.1, 0.15) is 5.60 Å². The zero-order chi connectivity index (χ0) is 12.3. The van der Waals surface area contributed by atoms with E-state index >= 15 is 0 Å². The average Bonchev–Trinajstić information content (AvgIpc) is 2.46. The molecule has 1 rings (SSSR count). The smallest absolute Gasteiger partial charge is 0.410 e. The maximum absolute atomic E-state index is 11.7. The summed E-state index contributed by atoms with van der Waals surface area (Å²) >= 11 is 0. The van der Waals surface area contributed by atoms with Crippen LogP contribution in [0.25, 0.3) is 0 Å². The Morgan fingerprint density at radius 2 is 2.06 bits per heavy atom. The third-order valence-corrected chi connectivity index (χ3v) is 2.42. The van der Waals surface area contributed by atoms with E-state index in [9.17, 15) is 9.90 Å². The predicted octanol–water partition coefficient (Wildman–Crippen LogP) is 1.79. The number of rotatable bonds is 1. The number of hydrogen-bond acceptors (Lipinski definition) is 3. The van der Waals surface area contributed by atoms with Crippen molar-refractivity contribution in [1.29, 1.82) is 0 Å². The Morgan fingerprint density at radius 1 is 1.44 bits per heavy atom. The molecule has 0 saturated carbocycles. The van der Waals surface area contributed by atoms with Crippen LogP contribution in [0.3, 0.4) is 0 Å². The van der Waals surface area contributed by atoms with Crippen LogP contribution in [0.4, 0.5) is 4.79 Å². The highest BCUT2D eigenvalue weighted by Gasteiger charge is 2.34. The normalized spacial score (nSPS) is 26.4. The molecule has 0 unspecified atom stereocenters. The summed E-state index contributed by atoms with van der Waals surface area (Å²) in [4.78, 5) is 13.3. The zero-order valence-electron chi connectivity index (χ0n) is 10.4. The molecule has 1 amide bonds. The summed E-state index contributed by atoms with van der Waals surface area (Å²) in [6, 6.07) is 0. The minimum atomic E-state index is -0.485. The molecule has 0 aliphatic carbocycles. The van der Waals surface area contributed by atoms with Gasteiger partial charge in [0.15, 0.2) is 0 Å². The molecular weight excluding hydrogens is 206 g/mol. The molecular formula is C12H21NO3. The van der Waals surface area contributed by atoms with E-state index in [1.165, 1.54) is 0 Å². The van der Waals surface area contributed by atoms with Crippen molar-refractivity contribution in [1.82, 2.24) is 4.90 Å². The predicted molar refractivity (Wildman–Crippen MR) is 62.1 cm³/mol. The van der Waals surface area contributed by atoms with Crippen molar-refractivity contribution < 1.29 is 14.6 Å². The van der Waals surface area contributed by atoms with Crippen LogP contribution >= 0.6 is 0 Å². The Morgan fingerprint density at radius 3 is 2.56 bits per heavy atom. The first kappa shape index (κ1) is 13.0. The van der Waals surface area contributed by atoms with Crippen molar-refractivity contribution in [2.45, 2.75) is 39.4 Å². The van der Waals surface area contributed by atoms with Crippen LogP contribution < -0.4 is 0 Å². The summed E-state index contributed by atoms with van der Waals surface area (Å²) < 4.78 is 5.25. The second-order valence-corrected chi connectivity index (χ2v) is 5.14. The third kappa shape index (κ3) is 3.52. The Bertz CT molecular complexity index is 280. The summed E-state index contributed by atoms with van der Waals surface area (Å²) in [6.07, 6.45) is 2.99. The number of aliphatic hydroxyl groups is 1. The maximum Gasteiger partial charge on any atom is 0.410 e. The standard InChI is InChI=1S/C12H21NO3/c1-5-6-9-7-13(8-10(9)14)11(15)16-12(2,3)4/h5-6,9-10,14H,7-8H2,1-4H3/b6-5-/t9-,10-/m0/s1. The van der Waals surface area contributed by atoms with Gasteiger partial charge in [-0.05, 0) is 27.7 Å². The molecule has 1 N–H and O–H groups in total. The molecule has 0 bridgehead atoms. The average molecular weight is 227 g/mol. The van der Waals surface area contributed by atoms with Gasteiger partial charge >= 0.3 is 6.09 Å². The Balaban J connectivity index is 2.55. The monoisotopic (exact) mass is 227 g/mol. The number of carbonyl (C=O) groups excluding carboxylic acids is 1. The number of aliphatic hydroxyl groups excluding tert-OH is 1. The number of nitrogens with zero attached hydrogens (tertiary/aromatic N) is 1. The zero-order valence-corrected chi connectivity index (χ0v) is 10.4. The Hall–Kier alpha value is -1.03. The lowest BCUT2D eigenvalue weighted by molar-refractivity contribution is 0.0270. The number of ether oxygens (including phenoxy) is 1. The second-order valence-electron chi connectivity index (χ2n) is 5.14. The highest BCUT2D eigenvalue weighted by atomic mass is 16.6. The van der Waals surface area contributed by atoms with Crippen LogP contribution in [0.15, 0.2) is 12.2 Å². The lowest BCUT2D eigenvalue weighted by atomic mass is 10.1. The van der Waals surface area contributed by atoms with Crippen LogP contribution in [0.5, 0.6) is 0 Å². The molecule has 0 aromatic heterocycles. The molecule has 0 radical (unpaired) electrons.